The first kappa shape index (κ1) is 13.3. The van der Waals surface area contributed by atoms with Crippen molar-refractivity contribution in [3.05, 3.63) is 89.6 Å². The fourth-order valence-electron chi connectivity index (χ4n) is 2.27. The Balaban J connectivity index is 1.99. The minimum Gasteiger partial charge on any atom is -0.289 e. The third-order valence-corrected chi connectivity index (χ3v) is 3.37. The Morgan fingerprint density at radius 1 is 0.857 bits per heavy atom. The molecule has 0 N–H and O–H groups in total. The Hall–Kier alpha value is -2.74. The number of ketones is 1. The summed E-state index contributed by atoms with van der Waals surface area (Å²) in [6.45, 7) is 2.03. The summed E-state index contributed by atoms with van der Waals surface area (Å²) in [6.07, 6.45) is 1.79. The molecule has 0 aliphatic heterocycles. The highest BCUT2D eigenvalue weighted by Crippen LogP contribution is 2.20. The van der Waals surface area contributed by atoms with Crippen molar-refractivity contribution in [2.75, 3.05) is 0 Å². The molecule has 0 atom stereocenters. The maximum atomic E-state index is 12.5. The van der Waals surface area contributed by atoms with Gasteiger partial charge in [0.1, 0.15) is 0 Å². The largest absolute Gasteiger partial charge is 0.289 e. The number of hydrogen-bond donors (Lipinski definition) is 0. The lowest BCUT2D eigenvalue weighted by atomic mass is 10.00. The smallest absolute Gasteiger partial charge is 0.193 e. The lowest BCUT2D eigenvalue weighted by Crippen LogP contribution is -2.01. The predicted molar refractivity (Wildman–Crippen MR) is 84.3 cm³/mol. The SMILES string of the molecule is Cc1ccnc(-c2cccc(C(=O)c3ccccc3)c2)c1. The standard InChI is InChI=1S/C19H15NO/c1-14-10-11-20-18(12-14)16-8-5-9-17(13-16)19(21)15-6-3-2-4-7-15/h2-13H,1H3. The molecule has 1 heterocycles. The molecule has 3 rings (SSSR count). The zero-order valence-corrected chi connectivity index (χ0v) is 11.8. The van der Waals surface area contributed by atoms with Crippen LogP contribution in [0.5, 0.6) is 0 Å². The summed E-state index contributed by atoms with van der Waals surface area (Å²) < 4.78 is 0. The first-order chi connectivity index (χ1) is 10.2. The van der Waals surface area contributed by atoms with E-state index in [0.717, 1.165) is 16.8 Å². The average Bonchev–Trinajstić information content (AvgIpc) is 2.55. The van der Waals surface area contributed by atoms with E-state index in [9.17, 15) is 4.79 Å². The first-order valence-electron chi connectivity index (χ1n) is 6.87. The lowest BCUT2D eigenvalue weighted by Gasteiger charge is -2.05. The van der Waals surface area contributed by atoms with E-state index < -0.39 is 0 Å². The number of rotatable bonds is 3. The molecule has 0 saturated carbocycles. The minimum atomic E-state index is 0.0325. The number of carbonyl (C=O) groups excluding carboxylic acids is 1. The van der Waals surface area contributed by atoms with Crippen molar-refractivity contribution in [2.45, 2.75) is 6.92 Å². The van der Waals surface area contributed by atoms with Crippen molar-refractivity contribution in [3.8, 4) is 11.3 Å². The summed E-state index contributed by atoms with van der Waals surface area (Å²) >= 11 is 0. The normalized spacial score (nSPS) is 10.3. The molecular formula is C19H15NO. The molecule has 2 aromatic carbocycles. The molecule has 21 heavy (non-hydrogen) atoms. The molecule has 0 amide bonds. The lowest BCUT2D eigenvalue weighted by molar-refractivity contribution is 0.103. The van der Waals surface area contributed by atoms with Gasteiger partial charge in [0.15, 0.2) is 5.78 Å². The topological polar surface area (TPSA) is 30.0 Å². The van der Waals surface area contributed by atoms with Crippen LogP contribution in [0, 0.1) is 6.92 Å². The second-order valence-corrected chi connectivity index (χ2v) is 4.99. The van der Waals surface area contributed by atoms with E-state index in [1.807, 2.05) is 73.7 Å². The van der Waals surface area contributed by atoms with Crippen LogP contribution in [0.25, 0.3) is 11.3 Å². The summed E-state index contributed by atoms with van der Waals surface area (Å²) in [5.41, 5.74) is 4.38. The van der Waals surface area contributed by atoms with Crippen LogP contribution in [0.15, 0.2) is 72.9 Å². The summed E-state index contributed by atoms with van der Waals surface area (Å²) in [4.78, 5) is 16.8. The molecule has 0 saturated heterocycles. The van der Waals surface area contributed by atoms with Crippen molar-refractivity contribution in [1.82, 2.24) is 4.98 Å². The zero-order valence-electron chi connectivity index (χ0n) is 11.8. The van der Waals surface area contributed by atoms with E-state index in [4.69, 9.17) is 0 Å². The number of benzene rings is 2. The highest BCUT2D eigenvalue weighted by atomic mass is 16.1. The average molecular weight is 273 g/mol. The molecular weight excluding hydrogens is 258 g/mol. The summed E-state index contributed by atoms with van der Waals surface area (Å²) in [5, 5.41) is 0. The van der Waals surface area contributed by atoms with Gasteiger partial charge in [-0.2, -0.15) is 0 Å². The third kappa shape index (κ3) is 2.90. The van der Waals surface area contributed by atoms with E-state index in [-0.39, 0.29) is 5.78 Å². The number of aromatic nitrogens is 1. The molecule has 0 aliphatic carbocycles. The van der Waals surface area contributed by atoms with Crippen LogP contribution in [-0.4, -0.2) is 10.8 Å². The second kappa shape index (κ2) is 5.71. The number of hydrogen-bond acceptors (Lipinski definition) is 2. The number of aryl methyl sites for hydroxylation is 1. The van der Waals surface area contributed by atoms with Gasteiger partial charge in [0.25, 0.3) is 0 Å². The molecule has 2 nitrogen and oxygen atoms in total. The third-order valence-electron chi connectivity index (χ3n) is 3.37. The highest BCUT2D eigenvalue weighted by Gasteiger charge is 2.09. The molecule has 3 aromatic rings. The van der Waals surface area contributed by atoms with Crippen LogP contribution in [0.1, 0.15) is 21.5 Å². The van der Waals surface area contributed by atoms with E-state index in [1.54, 1.807) is 6.20 Å². The van der Waals surface area contributed by atoms with Crippen molar-refractivity contribution < 1.29 is 4.79 Å². The fourth-order valence-corrected chi connectivity index (χ4v) is 2.27. The van der Waals surface area contributed by atoms with Crippen molar-refractivity contribution in [1.29, 1.82) is 0 Å². The Morgan fingerprint density at radius 2 is 1.62 bits per heavy atom. The van der Waals surface area contributed by atoms with Gasteiger partial charge in [-0.3, -0.25) is 9.78 Å². The summed E-state index contributed by atoms with van der Waals surface area (Å²) in [5.74, 6) is 0.0325. The van der Waals surface area contributed by atoms with Crippen LogP contribution in [0.2, 0.25) is 0 Å². The van der Waals surface area contributed by atoms with E-state index >= 15 is 0 Å². The molecule has 0 bridgehead atoms. The Labute approximate surface area is 124 Å². The molecule has 102 valence electrons. The van der Waals surface area contributed by atoms with Crippen molar-refractivity contribution >= 4 is 5.78 Å². The first-order valence-corrected chi connectivity index (χ1v) is 6.87. The van der Waals surface area contributed by atoms with Crippen LogP contribution < -0.4 is 0 Å². The number of carbonyl (C=O) groups is 1. The molecule has 0 fully saturated rings. The van der Waals surface area contributed by atoms with Gasteiger partial charge in [-0.05, 0) is 30.7 Å². The Kier molecular flexibility index (Phi) is 3.61. The van der Waals surface area contributed by atoms with Crippen LogP contribution in [-0.2, 0) is 0 Å². The van der Waals surface area contributed by atoms with Gasteiger partial charge >= 0.3 is 0 Å². The minimum absolute atomic E-state index is 0.0325. The van der Waals surface area contributed by atoms with Gasteiger partial charge in [0, 0.05) is 22.9 Å². The van der Waals surface area contributed by atoms with Crippen LogP contribution in [0.3, 0.4) is 0 Å². The predicted octanol–water partition coefficient (Wildman–Crippen LogP) is 4.29. The quantitative estimate of drug-likeness (QED) is 0.666. The van der Waals surface area contributed by atoms with E-state index in [1.165, 1.54) is 0 Å². The van der Waals surface area contributed by atoms with Gasteiger partial charge in [-0.25, -0.2) is 0 Å². The molecule has 1 aromatic heterocycles. The monoisotopic (exact) mass is 273 g/mol. The van der Waals surface area contributed by atoms with Gasteiger partial charge in [-0.1, -0.05) is 48.5 Å². The number of nitrogens with zero attached hydrogens (tertiary/aromatic N) is 1. The fraction of sp³-hybridized carbons (Fsp3) is 0.0526. The van der Waals surface area contributed by atoms with E-state index in [2.05, 4.69) is 4.98 Å². The van der Waals surface area contributed by atoms with Gasteiger partial charge in [0.2, 0.25) is 0 Å². The molecule has 0 aliphatic rings. The van der Waals surface area contributed by atoms with Gasteiger partial charge in [0.05, 0.1) is 5.69 Å². The van der Waals surface area contributed by atoms with Crippen LogP contribution >= 0.6 is 0 Å². The molecule has 2 heteroatoms. The second-order valence-electron chi connectivity index (χ2n) is 4.99. The Morgan fingerprint density at radius 3 is 2.38 bits per heavy atom. The van der Waals surface area contributed by atoms with Crippen LogP contribution in [0.4, 0.5) is 0 Å². The zero-order chi connectivity index (χ0) is 14.7. The van der Waals surface area contributed by atoms with Gasteiger partial charge in [-0.15, -0.1) is 0 Å². The number of pyridine rings is 1. The molecule has 0 radical (unpaired) electrons. The van der Waals surface area contributed by atoms with Crippen molar-refractivity contribution in [3.63, 3.8) is 0 Å². The maximum Gasteiger partial charge on any atom is 0.193 e. The maximum absolute atomic E-state index is 12.5. The van der Waals surface area contributed by atoms with E-state index in [0.29, 0.717) is 11.1 Å². The van der Waals surface area contributed by atoms with Gasteiger partial charge < -0.3 is 0 Å². The Bertz CT molecular complexity index is 778. The summed E-state index contributed by atoms with van der Waals surface area (Å²) in [6, 6.07) is 20.9. The summed E-state index contributed by atoms with van der Waals surface area (Å²) in [7, 11) is 0. The molecule has 0 unspecified atom stereocenters. The highest BCUT2D eigenvalue weighted by molar-refractivity contribution is 6.09. The molecule has 0 spiro atoms. The van der Waals surface area contributed by atoms with Crippen molar-refractivity contribution in [2.24, 2.45) is 0 Å².